The van der Waals surface area contributed by atoms with Crippen molar-refractivity contribution in [1.29, 1.82) is 0 Å². The van der Waals surface area contributed by atoms with Crippen LogP contribution in [0, 0.1) is 0 Å². The SMILES string of the molecule is COc1ccc2cc(/C=C/C(=O)OCC(=O)N3CCCC3)ccc2c1. The molecule has 0 saturated carbocycles. The Morgan fingerprint density at radius 2 is 1.80 bits per heavy atom. The molecule has 1 fully saturated rings. The Bertz CT molecular complexity index is 806. The average molecular weight is 339 g/mol. The summed E-state index contributed by atoms with van der Waals surface area (Å²) in [6, 6.07) is 11.7. The van der Waals surface area contributed by atoms with E-state index >= 15 is 0 Å². The first-order valence-corrected chi connectivity index (χ1v) is 8.36. The monoisotopic (exact) mass is 339 g/mol. The van der Waals surface area contributed by atoms with Gasteiger partial charge in [-0.2, -0.15) is 0 Å². The van der Waals surface area contributed by atoms with Crippen molar-refractivity contribution in [3.8, 4) is 5.75 Å². The van der Waals surface area contributed by atoms with E-state index in [1.165, 1.54) is 6.08 Å². The normalized spacial score (nSPS) is 14.2. The van der Waals surface area contributed by atoms with E-state index < -0.39 is 5.97 Å². The minimum atomic E-state index is -0.512. The van der Waals surface area contributed by atoms with Gasteiger partial charge in [0.15, 0.2) is 6.61 Å². The molecule has 1 heterocycles. The summed E-state index contributed by atoms with van der Waals surface area (Å²) in [7, 11) is 1.64. The van der Waals surface area contributed by atoms with Crippen LogP contribution in [0.1, 0.15) is 18.4 Å². The van der Waals surface area contributed by atoms with E-state index in [9.17, 15) is 9.59 Å². The van der Waals surface area contributed by atoms with Crippen LogP contribution in [0.3, 0.4) is 0 Å². The molecule has 1 saturated heterocycles. The van der Waals surface area contributed by atoms with Gasteiger partial charge in [-0.1, -0.05) is 18.2 Å². The maximum atomic E-state index is 11.8. The zero-order valence-corrected chi connectivity index (χ0v) is 14.2. The summed E-state index contributed by atoms with van der Waals surface area (Å²) in [4.78, 5) is 25.4. The van der Waals surface area contributed by atoms with Crippen LogP contribution in [-0.4, -0.2) is 43.6 Å². The number of nitrogens with zero attached hydrogens (tertiary/aromatic N) is 1. The lowest BCUT2D eigenvalue weighted by Gasteiger charge is -2.14. The van der Waals surface area contributed by atoms with Crippen molar-refractivity contribution in [3.63, 3.8) is 0 Å². The predicted molar refractivity (Wildman–Crippen MR) is 96.3 cm³/mol. The van der Waals surface area contributed by atoms with Gasteiger partial charge in [0.1, 0.15) is 5.75 Å². The van der Waals surface area contributed by atoms with Gasteiger partial charge in [-0.3, -0.25) is 4.79 Å². The van der Waals surface area contributed by atoms with Crippen molar-refractivity contribution in [2.75, 3.05) is 26.8 Å². The van der Waals surface area contributed by atoms with Crippen LogP contribution in [0.25, 0.3) is 16.8 Å². The van der Waals surface area contributed by atoms with Crippen molar-refractivity contribution in [2.45, 2.75) is 12.8 Å². The lowest BCUT2D eigenvalue weighted by atomic mass is 10.1. The number of hydrogen-bond donors (Lipinski definition) is 0. The molecule has 0 N–H and O–H groups in total. The Morgan fingerprint density at radius 1 is 1.08 bits per heavy atom. The molecule has 3 rings (SSSR count). The van der Waals surface area contributed by atoms with Gasteiger partial charge in [0, 0.05) is 19.2 Å². The van der Waals surface area contributed by atoms with Crippen LogP contribution in [0.5, 0.6) is 5.75 Å². The number of benzene rings is 2. The van der Waals surface area contributed by atoms with E-state index in [1.54, 1.807) is 18.1 Å². The summed E-state index contributed by atoms with van der Waals surface area (Å²) < 4.78 is 10.2. The molecular weight excluding hydrogens is 318 g/mol. The number of likely N-dealkylation sites (tertiary alicyclic amines) is 1. The molecule has 0 atom stereocenters. The quantitative estimate of drug-likeness (QED) is 0.621. The van der Waals surface area contributed by atoms with Gasteiger partial charge in [-0.15, -0.1) is 0 Å². The third-order valence-corrected chi connectivity index (χ3v) is 4.28. The van der Waals surface area contributed by atoms with Crippen LogP contribution < -0.4 is 4.74 Å². The van der Waals surface area contributed by atoms with Crippen LogP contribution in [0.4, 0.5) is 0 Å². The van der Waals surface area contributed by atoms with Crippen molar-refractivity contribution in [1.82, 2.24) is 4.90 Å². The van der Waals surface area contributed by atoms with Crippen molar-refractivity contribution < 1.29 is 19.1 Å². The number of methoxy groups -OCH3 is 1. The summed E-state index contributed by atoms with van der Waals surface area (Å²) in [6.45, 7) is 1.32. The Hall–Kier alpha value is -2.82. The molecule has 0 bridgehead atoms. The molecule has 2 aromatic carbocycles. The number of esters is 1. The van der Waals surface area contributed by atoms with Crippen molar-refractivity contribution in [3.05, 3.63) is 48.0 Å². The molecule has 0 aliphatic carbocycles. The zero-order valence-electron chi connectivity index (χ0n) is 14.2. The van der Waals surface area contributed by atoms with E-state index in [-0.39, 0.29) is 12.5 Å². The third-order valence-electron chi connectivity index (χ3n) is 4.28. The molecular formula is C20H21NO4. The topological polar surface area (TPSA) is 55.8 Å². The Kier molecular flexibility index (Phi) is 5.33. The first kappa shape index (κ1) is 17.0. The molecule has 25 heavy (non-hydrogen) atoms. The fourth-order valence-corrected chi connectivity index (χ4v) is 2.88. The highest BCUT2D eigenvalue weighted by atomic mass is 16.5. The number of amides is 1. The molecule has 0 unspecified atom stereocenters. The fraction of sp³-hybridized carbons (Fsp3) is 0.300. The number of rotatable bonds is 5. The third kappa shape index (κ3) is 4.38. The van der Waals surface area contributed by atoms with Gasteiger partial charge < -0.3 is 14.4 Å². The van der Waals surface area contributed by atoms with Gasteiger partial charge >= 0.3 is 5.97 Å². The molecule has 1 aliphatic rings. The fourth-order valence-electron chi connectivity index (χ4n) is 2.88. The van der Waals surface area contributed by atoms with Crippen LogP contribution >= 0.6 is 0 Å². The number of carbonyl (C=O) groups is 2. The molecule has 1 aliphatic heterocycles. The molecule has 130 valence electrons. The molecule has 5 heteroatoms. The number of ether oxygens (including phenoxy) is 2. The highest BCUT2D eigenvalue weighted by Gasteiger charge is 2.18. The summed E-state index contributed by atoms with van der Waals surface area (Å²) in [5.74, 6) is 0.170. The second kappa shape index (κ2) is 7.83. The number of fused-ring (bicyclic) bond motifs is 1. The smallest absolute Gasteiger partial charge is 0.331 e. The van der Waals surface area contributed by atoms with Crippen molar-refractivity contribution >= 4 is 28.7 Å². The van der Waals surface area contributed by atoms with Crippen LogP contribution in [0.15, 0.2) is 42.5 Å². The summed E-state index contributed by atoms with van der Waals surface area (Å²) in [5, 5.41) is 2.12. The van der Waals surface area contributed by atoms with Gasteiger partial charge in [-0.05, 0) is 53.5 Å². The average Bonchev–Trinajstić information content (AvgIpc) is 3.18. The van der Waals surface area contributed by atoms with Gasteiger partial charge in [0.2, 0.25) is 0 Å². The largest absolute Gasteiger partial charge is 0.497 e. The first-order valence-electron chi connectivity index (χ1n) is 8.36. The minimum absolute atomic E-state index is 0.126. The lowest BCUT2D eigenvalue weighted by Crippen LogP contribution is -2.31. The molecule has 0 spiro atoms. The summed E-state index contributed by atoms with van der Waals surface area (Å²) in [6.07, 6.45) is 5.08. The van der Waals surface area contributed by atoms with Gasteiger partial charge in [-0.25, -0.2) is 4.79 Å². The highest BCUT2D eigenvalue weighted by Crippen LogP contribution is 2.22. The summed E-state index contributed by atoms with van der Waals surface area (Å²) in [5.41, 5.74) is 0.889. The Labute approximate surface area is 146 Å². The van der Waals surface area contributed by atoms with Crippen LogP contribution in [-0.2, 0) is 14.3 Å². The standard InChI is InChI=1S/C20H21NO4/c1-24-18-8-7-16-12-15(4-6-17(16)13-18)5-9-20(23)25-14-19(22)21-10-2-3-11-21/h4-9,12-13H,2-3,10-11,14H2,1H3/b9-5+. The second-order valence-corrected chi connectivity index (χ2v) is 6.00. The maximum Gasteiger partial charge on any atom is 0.331 e. The second-order valence-electron chi connectivity index (χ2n) is 6.00. The Morgan fingerprint density at radius 3 is 2.56 bits per heavy atom. The summed E-state index contributed by atoms with van der Waals surface area (Å²) >= 11 is 0. The molecule has 0 radical (unpaired) electrons. The number of hydrogen-bond acceptors (Lipinski definition) is 4. The van der Waals surface area contributed by atoms with E-state index in [2.05, 4.69) is 0 Å². The minimum Gasteiger partial charge on any atom is -0.497 e. The Balaban J connectivity index is 1.58. The molecule has 1 amide bonds. The van der Waals surface area contributed by atoms with Gasteiger partial charge in [0.05, 0.1) is 7.11 Å². The number of carbonyl (C=O) groups excluding carboxylic acids is 2. The van der Waals surface area contributed by atoms with E-state index in [1.807, 2.05) is 36.4 Å². The predicted octanol–water partition coefficient (Wildman–Crippen LogP) is 3.03. The molecule has 2 aromatic rings. The van der Waals surface area contributed by atoms with Crippen molar-refractivity contribution in [2.24, 2.45) is 0 Å². The molecule has 5 nitrogen and oxygen atoms in total. The molecule has 0 aromatic heterocycles. The first-order chi connectivity index (χ1) is 12.2. The van der Waals surface area contributed by atoms with Gasteiger partial charge in [0.25, 0.3) is 5.91 Å². The van der Waals surface area contributed by atoms with E-state index in [4.69, 9.17) is 9.47 Å². The maximum absolute atomic E-state index is 11.8. The zero-order chi connectivity index (χ0) is 17.6. The van der Waals surface area contributed by atoms with Crippen LogP contribution in [0.2, 0.25) is 0 Å². The van der Waals surface area contributed by atoms with E-state index in [0.29, 0.717) is 0 Å². The lowest BCUT2D eigenvalue weighted by molar-refractivity contribution is -0.147. The highest BCUT2D eigenvalue weighted by molar-refractivity contribution is 5.91. The van der Waals surface area contributed by atoms with E-state index in [0.717, 1.165) is 48.0 Å².